The number of aliphatic hydroxyl groups is 3. The van der Waals surface area contributed by atoms with Gasteiger partial charge in [-0.2, -0.15) is 12.6 Å². The lowest BCUT2D eigenvalue weighted by Gasteiger charge is -2.41. The average Bonchev–Trinajstić information content (AvgIpc) is 2.78. The minimum Gasteiger partial charge on any atom is -0.480 e. The molecular weight excluding hydrogens is 480 g/mol. The van der Waals surface area contributed by atoms with Crippen LogP contribution in [-0.4, -0.2) is 112 Å². The average molecular weight is 511 g/mol. The van der Waals surface area contributed by atoms with Gasteiger partial charge in [-0.25, -0.2) is 0 Å². The number of ether oxygens (including phenoxy) is 2. The topological polar surface area (TPSA) is 247 Å². The van der Waals surface area contributed by atoms with Gasteiger partial charge in [0.25, 0.3) is 0 Å². The zero-order chi connectivity index (χ0) is 26.0. The Morgan fingerprint density at radius 3 is 2.35 bits per heavy atom. The molecule has 9 N–H and O–H groups in total. The minimum absolute atomic E-state index is 0.116. The number of esters is 1. The maximum atomic E-state index is 12.4. The SMILES string of the molecule is CC(=O)N[C@H]1[C@@H](OC(=O)[C@@H](N)CCC(=O)N[C@@H](CS)C(=O)NCC(=O)O)O[C@H](CO)[C@@H](O)[C@@H]1O. The van der Waals surface area contributed by atoms with Gasteiger partial charge in [-0.3, -0.25) is 24.0 Å². The van der Waals surface area contributed by atoms with Crippen LogP contribution in [0.1, 0.15) is 19.8 Å². The lowest BCUT2D eigenvalue weighted by molar-refractivity contribution is -0.264. The number of hydrogen-bond donors (Lipinski definition) is 9. The van der Waals surface area contributed by atoms with Crippen molar-refractivity contribution in [2.24, 2.45) is 5.73 Å². The fraction of sp³-hybridized carbons (Fsp3) is 0.722. The molecule has 3 amide bonds. The molecule has 0 aromatic carbocycles. The van der Waals surface area contributed by atoms with E-state index in [4.69, 9.17) is 20.3 Å². The number of rotatable bonds is 12. The number of nitrogens with two attached hydrogens (primary N) is 1. The number of carboxylic acid groups (broad SMARTS) is 1. The zero-order valence-electron chi connectivity index (χ0n) is 18.2. The van der Waals surface area contributed by atoms with Gasteiger partial charge in [0.2, 0.25) is 24.0 Å². The highest BCUT2D eigenvalue weighted by molar-refractivity contribution is 7.80. The van der Waals surface area contributed by atoms with E-state index in [0.29, 0.717) is 0 Å². The van der Waals surface area contributed by atoms with Crippen LogP contribution in [0, 0.1) is 0 Å². The van der Waals surface area contributed by atoms with E-state index in [2.05, 4.69) is 28.6 Å². The second-order valence-electron chi connectivity index (χ2n) is 7.43. The standard InChI is InChI=1S/C18H30N4O11S/c1-7(24)21-13-15(29)14(28)10(5-23)32-18(13)33-17(31)8(19)2-3-11(25)22-9(6-34)16(30)20-4-12(26)27/h8-10,13-15,18,23,28-29,34H,2-6,19H2,1H3,(H,20,30)(H,21,24)(H,22,25)(H,26,27)/t8-,9-,10+,13+,14+,15+,18+/m0/s1. The van der Waals surface area contributed by atoms with E-state index in [0.717, 1.165) is 6.92 Å². The summed E-state index contributed by atoms with van der Waals surface area (Å²) in [5, 5.41) is 44.8. The van der Waals surface area contributed by atoms with E-state index in [9.17, 15) is 39.3 Å². The largest absolute Gasteiger partial charge is 0.480 e. The van der Waals surface area contributed by atoms with Gasteiger partial charge in [0, 0.05) is 19.1 Å². The highest BCUT2D eigenvalue weighted by Crippen LogP contribution is 2.22. The summed E-state index contributed by atoms with van der Waals surface area (Å²) < 4.78 is 10.4. The molecule has 1 aliphatic rings. The Balaban J connectivity index is 2.65. The second-order valence-corrected chi connectivity index (χ2v) is 7.79. The molecule has 34 heavy (non-hydrogen) atoms. The Morgan fingerprint density at radius 1 is 1.18 bits per heavy atom. The zero-order valence-corrected chi connectivity index (χ0v) is 19.1. The van der Waals surface area contributed by atoms with Crippen LogP contribution in [0.3, 0.4) is 0 Å². The van der Waals surface area contributed by atoms with Crippen molar-refractivity contribution < 1.29 is 53.9 Å². The van der Waals surface area contributed by atoms with E-state index >= 15 is 0 Å². The summed E-state index contributed by atoms with van der Waals surface area (Å²) in [6.07, 6.45) is -6.62. The number of hydrogen-bond acceptors (Lipinski definition) is 12. The van der Waals surface area contributed by atoms with Crippen molar-refractivity contribution in [1.29, 1.82) is 0 Å². The first-order valence-electron chi connectivity index (χ1n) is 10.2. The number of aliphatic hydroxyl groups excluding tert-OH is 3. The van der Waals surface area contributed by atoms with E-state index in [-0.39, 0.29) is 18.6 Å². The van der Waals surface area contributed by atoms with E-state index in [1.807, 2.05) is 0 Å². The maximum Gasteiger partial charge on any atom is 0.325 e. The predicted octanol–water partition coefficient (Wildman–Crippen LogP) is -4.80. The summed E-state index contributed by atoms with van der Waals surface area (Å²) in [6, 6.07) is -3.81. The molecule has 16 heteroatoms. The quantitative estimate of drug-likeness (QED) is 0.0886. The van der Waals surface area contributed by atoms with Gasteiger partial charge >= 0.3 is 11.9 Å². The normalized spacial score (nSPS) is 26.0. The first-order chi connectivity index (χ1) is 15.9. The number of carboxylic acids is 1. The van der Waals surface area contributed by atoms with Gasteiger partial charge in [0.15, 0.2) is 0 Å². The molecule has 7 atom stereocenters. The molecule has 0 aromatic heterocycles. The fourth-order valence-corrected chi connectivity index (χ4v) is 3.18. The number of thiol groups is 1. The van der Waals surface area contributed by atoms with Crippen molar-refractivity contribution in [2.45, 2.75) is 62.5 Å². The van der Waals surface area contributed by atoms with Crippen LogP contribution in [0.15, 0.2) is 0 Å². The molecule has 1 saturated heterocycles. The number of amides is 3. The first-order valence-corrected chi connectivity index (χ1v) is 10.8. The highest BCUT2D eigenvalue weighted by atomic mass is 32.1. The Hall–Kier alpha value is -2.50. The summed E-state index contributed by atoms with van der Waals surface area (Å²) in [6.45, 7) is -0.223. The van der Waals surface area contributed by atoms with E-state index in [1.54, 1.807) is 0 Å². The van der Waals surface area contributed by atoms with Crippen molar-refractivity contribution in [3.8, 4) is 0 Å². The molecule has 15 nitrogen and oxygen atoms in total. The van der Waals surface area contributed by atoms with Gasteiger partial charge in [-0.05, 0) is 6.42 Å². The van der Waals surface area contributed by atoms with Crippen molar-refractivity contribution in [3.63, 3.8) is 0 Å². The fourth-order valence-electron chi connectivity index (χ4n) is 2.92. The van der Waals surface area contributed by atoms with E-state index in [1.165, 1.54) is 0 Å². The summed E-state index contributed by atoms with van der Waals surface area (Å²) >= 11 is 3.93. The van der Waals surface area contributed by atoms with Crippen molar-refractivity contribution in [2.75, 3.05) is 18.9 Å². The third-order valence-electron chi connectivity index (χ3n) is 4.72. The van der Waals surface area contributed by atoms with Gasteiger partial charge in [0.05, 0.1) is 6.61 Å². The first kappa shape index (κ1) is 29.5. The van der Waals surface area contributed by atoms with Gasteiger partial charge < -0.3 is 51.6 Å². The maximum absolute atomic E-state index is 12.4. The number of carbonyl (C=O) groups excluding carboxylic acids is 4. The Morgan fingerprint density at radius 2 is 1.82 bits per heavy atom. The number of nitrogens with one attached hydrogen (secondary N) is 3. The summed E-state index contributed by atoms with van der Waals surface area (Å²) in [4.78, 5) is 58.2. The lowest BCUT2D eigenvalue weighted by Crippen LogP contribution is -2.65. The molecule has 0 spiro atoms. The number of aliphatic carboxylic acids is 1. The molecule has 1 rings (SSSR count). The monoisotopic (exact) mass is 510 g/mol. The number of carbonyl (C=O) groups is 5. The van der Waals surface area contributed by atoms with Crippen LogP contribution in [-0.2, 0) is 33.4 Å². The molecule has 1 aliphatic heterocycles. The van der Waals surface area contributed by atoms with Crippen molar-refractivity contribution >= 4 is 42.3 Å². The van der Waals surface area contributed by atoms with Crippen LogP contribution in [0.2, 0.25) is 0 Å². The molecule has 0 bridgehead atoms. The Kier molecular flexibility index (Phi) is 12.2. The minimum atomic E-state index is -1.62. The Labute approximate surface area is 199 Å². The van der Waals surface area contributed by atoms with E-state index < -0.39 is 85.5 Å². The molecule has 0 aromatic rings. The van der Waals surface area contributed by atoms with Gasteiger partial charge in [-0.15, -0.1) is 0 Å². The molecule has 194 valence electrons. The van der Waals surface area contributed by atoms with Crippen molar-refractivity contribution in [3.05, 3.63) is 0 Å². The smallest absolute Gasteiger partial charge is 0.325 e. The Bertz CT molecular complexity index is 755. The van der Waals surface area contributed by atoms with Crippen molar-refractivity contribution in [1.82, 2.24) is 16.0 Å². The van der Waals surface area contributed by atoms with Gasteiger partial charge in [-0.1, -0.05) is 0 Å². The van der Waals surface area contributed by atoms with Crippen LogP contribution in [0.4, 0.5) is 0 Å². The summed E-state index contributed by atoms with van der Waals surface area (Å²) in [5.41, 5.74) is 5.74. The van der Waals surface area contributed by atoms with Crippen LogP contribution < -0.4 is 21.7 Å². The van der Waals surface area contributed by atoms with Crippen LogP contribution in [0.25, 0.3) is 0 Å². The van der Waals surface area contributed by atoms with Crippen LogP contribution in [0.5, 0.6) is 0 Å². The molecule has 0 aliphatic carbocycles. The highest BCUT2D eigenvalue weighted by Gasteiger charge is 2.46. The molecular formula is C18H30N4O11S. The molecule has 0 unspecified atom stereocenters. The van der Waals surface area contributed by atoms with Crippen LogP contribution >= 0.6 is 12.6 Å². The summed E-state index contributed by atoms with van der Waals surface area (Å²) in [7, 11) is 0. The second kappa shape index (κ2) is 14.0. The molecule has 1 heterocycles. The molecule has 1 fully saturated rings. The lowest BCUT2D eigenvalue weighted by atomic mass is 9.97. The third kappa shape index (κ3) is 9.03. The molecule has 0 saturated carbocycles. The van der Waals surface area contributed by atoms with Gasteiger partial charge in [0.1, 0.15) is 43.0 Å². The predicted molar refractivity (Wildman–Crippen MR) is 115 cm³/mol. The molecule has 0 radical (unpaired) electrons. The third-order valence-corrected chi connectivity index (χ3v) is 5.08. The summed E-state index contributed by atoms with van der Waals surface area (Å²) in [5.74, 6) is -4.48.